The predicted molar refractivity (Wildman–Crippen MR) is 104 cm³/mol. The molecule has 2 N–H and O–H groups in total. The first-order chi connectivity index (χ1) is 12.7. The van der Waals surface area contributed by atoms with Gasteiger partial charge in [-0.1, -0.05) is 35.9 Å². The molecule has 0 radical (unpaired) electrons. The second-order valence-electron chi connectivity index (χ2n) is 6.60. The molecule has 0 bridgehead atoms. The zero-order valence-electron chi connectivity index (χ0n) is 14.6. The Kier molecular flexibility index (Phi) is 4.60. The van der Waals surface area contributed by atoms with Gasteiger partial charge in [0.2, 0.25) is 0 Å². The second kappa shape index (κ2) is 7.04. The third-order valence-electron chi connectivity index (χ3n) is 5.06. The Morgan fingerprint density at radius 1 is 1.15 bits per heavy atom. The van der Waals surface area contributed by atoms with Crippen LogP contribution in [0.25, 0.3) is 0 Å². The molecule has 0 saturated carbocycles. The number of hydrogen-bond acceptors (Lipinski definition) is 4. The van der Waals surface area contributed by atoms with Crippen molar-refractivity contribution in [1.82, 2.24) is 0 Å². The maximum absolute atomic E-state index is 12.5. The Morgan fingerprint density at radius 3 is 2.62 bits per heavy atom. The molecule has 0 saturated heterocycles. The summed E-state index contributed by atoms with van der Waals surface area (Å²) in [6.07, 6.45) is 1.62. The lowest BCUT2D eigenvalue weighted by Crippen LogP contribution is -2.21. The van der Waals surface area contributed by atoms with Gasteiger partial charge in [0, 0.05) is 16.6 Å². The fourth-order valence-electron chi connectivity index (χ4n) is 3.85. The summed E-state index contributed by atoms with van der Waals surface area (Å²) in [6.45, 7) is 2.22. The number of benzene rings is 2. The first kappa shape index (κ1) is 17.0. The predicted octanol–water partition coefficient (Wildman–Crippen LogP) is 5.15. The van der Waals surface area contributed by atoms with Gasteiger partial charge in [-0.25, -0.2) is 4.79 Å². The summed E-state index contributed by atoms with van der Waals surface area (Å²) in [5, 5.41) is 7.90. The minimum absolute atomic E-state index is 0.0605. The van der Waals surface area contributed by atoms with E-state index in [0.717, 1.165) is 46.1 Å². The summed E-state index contributed by atoms with van der Waals surface area (Å²) in [5.41, 5.74) is 4.89. The fraction of sp³-hybridized carbons (Fsp3) is 0.286. The van der Waals surface area contributed by atoms with Crippen LogP contribution in [-0.4, -0.2) is 12.6 Å². The van der Waals surface area contributed by atoms with Crippen molar-refractivity contribution in [1.29, 1.82) is 0 Å². The lowest BCUT2D eigenvalue weighted by molar-refractivity contribution is -0.138. The fourth-order valence-corrected chi connectivity index (χ4v) is 3.98. The van der Waals surface area contributed by atoms with Crippen LogP contribution in [0.1, 0.15) is 31.4 Å². The van der Waals surface area contributed by atoms with Gasteiger partial charge in [-0.2, -0.15) is 0 Å². The topological polar surface area (TPSA) is 50.4 Å². The minimum atomic E-state index is -0.216. The largest absolute Gasteiger partial charge is 0.463 e. The molecular weight excluding hydrogens is 348 g/mol. The highest BCUT2D eigenvalue weighted by molar-refractivity contribution is 6.30. The molecule has 0 fully saturated rings. The number of carbonyl (C=O) groups excluding carboxylic acids is 1. The number of esters is 1. The molecule has 1 aliphatic carbocycles. The van der Waals surface area contributed by atoms with E-state index in [2.05, 4.69) is 16.7 Å². The molecule has 2 aliphatic rings. The SMILES string of the molecule is CCOC(=O)C1=C2Nc3ccccc3N[C@H](c3ccc(Cl)cc3)[C@H]2CC1. The number of ether oxygens (including phenoxy) is 1. The van der Waals surface area contributed by atoms with E-state index < -0.39 is 0 Å². The smallest absolute Gasteiger partial charge is 0.335 e. The van der Waals surface area contributed by atoms with Crippen LogP contribution in [0, 0.1) is 5.92 Å². The molecule has 4 nitrogen and oxygen atoms in total. The molecule has 0 spiro atoms. The molecular formula is C21H21ClN2O2. The molecule has 2 aromatic carbocycles. The van der Waals surface area contributed by atoms with E-state index in [1.807, 2.05) is 49.4 Å². The molecule has 1 aliphatic heterocycles. The molecule has 26 heavy (non-hydrogen) atoms. The first-order valence-electron chi connectivity index (χ1n) is 8.95. The van der Waals surface area contributed by atoms with Gasteiger partial charge in [0.25, 0.3) is 0 Å². The van der Waals surface area contributed by atoms with E-state index in [0.29, 0.717) is 6.61 Å². The van der Waals surface area contributed by atoms with Crippen molar-refractivity contribution in [2.75, 3.05) is 17.2 Å². The average Bonchev–Trinajstić information content (AvgIpc) is 2.98. The number of carbonyl (C=O) groups is 1. The molecule has 4 rings (SSSR count). The number of rotatable bonds is 3. The highest BCUT2D eigenvalue weighted by atomic mass is 35.5. The van der Waals surface area contributed by atoms with Crippen molar-refractivity contribution in [3.8, 4) is 0 Å². The molecule has 1 heterocycles. The Bertz CT molecular complexity index is 861. The van der Waals surface area contributed by atoms with Crippen molar-refractivity contribution >= 4 is 28.9 Å². The molecule has 2 aromatic rings. The van der Waals surface area contributed by atoms with E-state index in [1.165, 1.54) is 0 Å². The Balaban J connectivity index is 1.80. The summed E-state index contributed by atoms with van der Waals surface area (Å²) < 4.78 is 5.29. The lowest BCUT2D eigenvalue weighted by atomic mass is 9.90. The van der Waals surface area contributed by atoms with Gasteiger partial charge in [-0.15, -0.1) is 0 Å². The van der Waals surface area contributed by atoms with Gasteiger partial charge in [-0.3, -0.25) is 0 Å². The normalized spacial score (nSPS) is 21.2. The number of nitrogens with one attached hydrogen (secondary N) is 2. The monoisotopic (exact) mass is 368 g/mol. The molecule has 0 unspecified atom stereocenters. The van der Waals surface area contributed by atoms with Crippen LogP contribution in [0.5, 0.6) is 0 Å². The van der Waals surface area contributed by atoms with E-state index in [1.54, 1.807) is 0 Å². The third-order valence-corrected chi connectivity index (χ3v) is 5.31. The molecule has 2 atom stereocenters. The van der Waals surface area contributed by atoms with Gasteiger partial charge >= 0.3 is 5.97 Å². The van der Waals surface area contributed by atoms with Crippen molar-refractivity contribution < 1.29 is 9.53 Å². The maximum Gasteiger partial charge on any atom is 0.335 e. The third kappa shape index (κ3) is 3.06. The van der Waals surface area contributed by atoms with E-state index in [9.17, 15) is 4.79 Å². The zero-order valence-corrected chi connectivity index (χ0v) is 15.3. The second-order valence-corrected chi connectivity index (χ2v) is 7.04. The number of halogens is 1. The summed E-state index contributed by atoms with van der Waals surface area (Å²) in [7, 11) is 0. The first-order valence-corrected chi connectivity index (χ1v) is 9.33. The quantitative estimate of drug-likeness (QED) is 0.736. The highest BCUT2D eigenvalue weighted by Crippen LogP contribution is 2.46. The summed E-state index contributed by atoms with van der Waals surface area (Å²) in [5.74, 6) is -0.0466. The Labute approximate surface area is 158 Å². The Morgan fingerprint density at radius 2 is 1.88 bits per heavy atom. The summed E-state index contributed by atoms with van der Waals surface area (Å²) in [6, 6.07) is 16.1. The van der Waals surface area contributed by atoms with E-state index in [4.69, 9.17) is 16.3 Å². The Hall–Kier alpha value is -2.46. The van der Waals surface area contributed by atoms with Gasteiger partial charge in [0.15, 0.2) is 0 Å². The van der Waals surface area contributed by atoms with E-state index in [-0.39, 0.29) is 17.9 Å². The minimum Gasteiger partial charge on any atom is -0.463 e. The molecule has 0 aromatic heterocycles. The number of hydrogen-bond donors (Lipinski definition) is 2. The van der Waals surface area contributed by atoms with Crippen molar-refractivity contribution in [3.05, 3.63) is 70.4 Å². The van der Waals surface area contributed by atoms with Crippen LogP contribution in [0.15, 0.2) is 59.8 Å². The van der Waals surface area contributed by atoms with Gasteiger partial charge in [-0.05, 0) is 49.6 Å². The van der Waals surface area contributed by atoms with Crippen LogP contribution >= 0.6 is 11.6 Å². The highest BCUT2D eigenvalue weighted by Gasteiger charge is 2.38. The van der Waals surface area contributed by atoms with Crippen molar-refractivity contribution in [3.63, 3.8) is 0 Å². The maximum atomic E-state index is 12.5. The van der Waals surface area contributed by atoms with Gasteiger partial charge in [0.05, 0.1) is 29.6 Å². The van der Waals surface area contributed by atoms with Crippen LogP contribution in [0.3, 0.4) is 0 Å². The molecule has 5 heteroatoms. The standard InChI is InChI=1S/C21H21ClN2O2/c1-2-26-21(25)16-12-11-15-19(13-7-9-14(22)10-8-13)23-17-5-3-4-6-18(17)24-20(15)16/h3-10,15,19,23-24H,2,11-12H2,1H3/t15-,19-/m1/s1. The summed E-state index contributed by atoms with van der Waals surface area (Å²) >= 11 is 6.07. The molecule has 134 valence electrons. The average molecular weight is 369 g/mol. The van der Waals surface area contributed by atoms with Crippen molar-refractivity contribution in [2.45, 2.75) is 25.8 Å². The molecule has 0 amide bonds. The lowest BCUT2D eigenvalue weighted by Gasteiger charge is -2.25. The van der Waals surface area contributed by atoms with E-state index >= 15 is 0 Å². The number of para-hydroxylation sites is 2. The number of fused-ring (bicyclic) bond motifs is 2. The zero-order chi connectivity index (χ0) is 18.1. The van der Waals surface area contributed by atoms with Crippen LogP contribution < -0.4 is 10.6 Å². The van der Waals surface area contributed by atoms with Crippen LogP contribution in [0.4, 0.5) is 11.4 Å². The summed E-state index contributed by atoms with van der Waals surface area (Å²) in [4.78, 5) is 12.5. The van der Waals surface area contributed by atoms with Crippen molar-refractivity contribution in [2.24, 2.45) is 5.92 Å². The van der Waals surface area contributed by atoms with Gasteiger partial charge in [0.1, 0.15) is 0 Å². The van der Waals surface area contributed by atoms with Crippen LogP contribution in [-0.2, 0) is 9.53 Å². The number of anilines is 2. The van der Waals surface area contributed by atoms with Crippen LogP contribution in [0.2, 0.25) is 5.02 Å². The van der Waals surface area contributed by atoms with Gasteiger partial charge < -0.3 is 15.4 Å².